The van der Waals surface area contributed by atoms with Crippen molar-refractivity contribution in [2.75, 3.05) is 6.54 Å². The molecule has 0 aromatic rings. The summed E-state index contributed by atoms with van der Waals surface area (Å²) < 4.78 is 0. The second-order valence-corrected chi connectivity index (χ2v) is 4.90. The van der Waals surface area contributed by atoms with E-state index in [2.05, 4.69) is 5.32 Å². The number of urea groups is 1. The average Bonchev–Trinajstić information content (AvgIpc) is 2.52. The average molecular weight is 271 g/mol. The van der Waals surface area contributed by atoms with E-state index < -0.39 is 30.4 Å². The summed E-state index contributed by atoms with van der Waals surface area (Å²) in [5, 5.41) is 11.3. The molecular formula is C12H21N3O4. The molecule has 1 rings (SSSR count). The number of likely N-dealkylation sites (tertiary alicyclic amines) is 1. The molecule has 108 valence electrons. The first-order valence-corrected chi connectivity index (χ1v) is 6.50. The van der Waals surface area contributed by atoms with Gasteiger partial charge in [0.2, 0.25) is 5.91 Å². The summed E-state index contributed by atoms with van der Waals surface area (Å²) in [6.07, 6.45) is 3.54. The molecule has 3 amide bonds. The van der Waals surface area contributed by atoms with Crippen LogP contribution in [0.15, 0.2) is 0 Å². The Bertz CT molecular complexity index is 359. The van der Waals surface area contributed by atoms with Gasteiger partial charge in [-0.1, -0.05) is 12.8 Å². The van der Waals surface area contributed by atoms with Crippen molar-refractivity contribution in [2.45, 2.75) is 51.1 Å². The molecule has 0 aliphatic carbocycles. The number of amides is 3. The fourth-order valence-electron chi connectivity index (χ4n) is 2.21. The number of aliphatic carboxylic acids is 1. The number of nitrogens with two attached hydrogens (primary N) is 1. The highest BCUT2D eigenvalue weighted by atomic mass is 16.4. The van der Waals surface area contributed by atoms with E-state index in [-0.39, 0.29) is 6.04 Å². The molecule has 2 atom stereocenters. The molecule has 0 aromatic carbocycles. The molecule has 0 bridgehead atoms. The van der Waals surface area contributed by atoms with Crippen LogP contribution in [0.3, 0.4) is 0 Å². The Morgan fingerprint density at radius 2 is 2.05 bits per heavy atom. The fourth-order valence-corrected chi connectivity index (χ4v) is 2.21. The highest BCUT2D eigenvalue weighted by Crippen LogP contribution is 2.16. The minimum Gasteiger partial charge on any atom is -0.480 e. The molecule has 4 N–H and O–H groups in total. The molecular weight excluding hydrogens is 250 g/mol. The van der Waals surface area contributed by atoms with Crippen molar-refractivity contribution in [2.24, 2.45) is 5.73 Å². The third-order valence-corrected chi connectivity index (χ3v) is 3.31. The number of carbonyl (C=O) groups excluding carboxylic acids is 2. The first kappa shape index (κ1) is 15.3. The Morgan fingerprint density at radius 3 is 2.63 bits per heavy atom. The van der Waals surface area contributed by atoms with E-state index in [1.54, 1.807) is 4.90 Å². The summed E-state index contributed by atoms with van der Waals surface area (Å²) in [5.41, 5.74) is 4.97. The third-order valence-electron chi connectivity index (χ3n) is 3.31. The van der Waals surface area contributed by atoms with E-state index in [9.17, 15) is 14.4 Å². The van der Waals surface area contributed by atoms with Gasteiger partial charge in [-0.15, -0.1) is 0 Å². The molecule has 0 spiro atoms. The van der Waals surface area contributed by atoms with Crippen LogP contribution in [-0.4, -0.2) is 46.5 Å². The van der Waals surface area contributed by atoms with Crippen LogP contribution in [0.5, 0.6) is 0 Å². The van der Waals surface area contributed by atoms with Crippen LogP contribution in [0.25, 0.3) is 0 Å². The Morgan fingerprint density at radius 1 is 1.37 bits per heavy atom. The summed E-state index contributed by atoms with van der Waals surface area (Å²) in [4.78, 5) is 35.4. The molecule has 1 saturated heterocycles. The van der Waals surface area contributed by atoms with Crippen molar-refractivity contribution in [1.82, 2.24) is 10.2 Å². The van der Waals surface area contributed by atoms with Crippen molar-refractivity contribution in [3.05, 3.63) is 0 Å². The van der Waals surface area contributed by atoms with Crippen molar-refractivity contribution in [3.8, 4) is 0 Å². The summed E-state index contributed by atoms with van der Waals surface area (Å²) in [6, 6.07) is -1.63. The molecule has 7 heteroatoms. The van der Waals surface area contributed by atoms with Crippen LogP contribution in [0, 0.1) is 0 Å². The number of carboxylic acids is 1. The van der Waals surface area contributed by atoms with Crippen LogP contribution in [-0.2, 0) is 9.59 Å². The SMILES string of the molecule is CC1CCCCCN1C(=O)NC(CC(N)=O)C(=O)O. The monoisotopic (exact) mass is 271 g/mol. The molecule has 1 fully saturated rings. The van der Waals surface area contributed by atoms with Gasteiger partial charge in [0.05, 0.1) is 6.42 Å². The van der Waals surface area contributed by atoms with Gasteiger partial charge in [0.1, 0.15) is 6.04 Å². The standard InChI is InChI=1S/C12H21N3O4/c1-8-5-3-2-4-6-15(8)12(19)14-9(11(17)18)7-10(13)16/h8-9H,2-7H2,1H3,(H2,13,16)(H,14,19)(H,17,18). The maximum atomic E-state index is 12.1. The van der Waals surface area contributed by atoms with E-state index in [1.165, 1.54) is 0 Å². The molecule has 1 aliphatic rings. The van der Waals surface area contributed by atoms with Crippen LogP contribution in [0.2, 0.25) is 0 Å². The molecule has 1 heterocycles. The van der Waals surface area contributed by atoms with Gasteiger partial charge in [-0.25, -0.2) is 9.59 Å². The summed E-state index contributed by atoms with van der Waals surface area (Å²) in [6.45, 7) is 2.55. The smallest absolute Gasteiger partial charge is 0.326 e. The van der Waals surface area contributed by atoms with Crippen LogP contribution in [0.4, 0.5) is 4.79 Å². The van der Waals surface area contributed by atoms with E-state index in [0.717, 1.165) is 25.7 Å². The number of hydrogen-bond donors (Lipinski definition) is 3. The van der Waals surface area contributed by atoms with Crippen LogP contribution >= 0.6 is 0 Å². The first-order valence-electron chi connectivity index (χ1n) is 6.50. The predicted molar refractivity (Wildman–Crippen MR) is 68.4 cm³/mol. The van der Waals surface area contributed by atoms with Gasteiger partial charge in [-0.2, -0.15) is 0 Å². The summed E-state index contributed by atoms with van der Waals surface area (Å²) >= 11 is 0. The third kappa shape index (κ3) is 4.76. The topological polar surface area (TPSA) is 113 Å². The zero-order valence-electron chi connectivity index (χ0n) is 11.1. The van der Waals surface area contributed by atoms with Crippen molar-refractivity contribution < 1.29 is 19.5 Å². The molecule has 0 radical (unpaired) electrons. The number of hydrogen-bond acceptors (Lipinski definition) is 3. The Kier molecular flexibility index (Phi) is 5.59. The highest BCUT2D eigenvalue weighted by Gasteiger charge is 2.27. The van der Waals surface area contributed by atoms with Gasteiger partial charge in [-0.3, -0.25) is 4.79 Å². The molecule has 19 heavy (non-hydrogen) atoms. The van der Waals surface area contributed by atoms with E-state index in [4.69, 9.17) is 10.8 Å². The van der Waals surface area contributed by atoms with Crippen molar-refractivity contribution in [1.29, 1.82) is 0 Å². The van der Waals surface area contributed by atoms with E-state index in [0.29, 0.717) is 6.54 Å². The van der Waals surface area contributed by atoms with Gasteiger partial charge in [0, 0.05) is 12.6 Å². The summed E-state index contributed by atoms with van der Waals surface area (Å²) in [5.74, 6) is -2.01. The number of nitrogens with one attached hydrogen (secondary N) is 1. The zero-order chi connectivity index (χ0) is 14.4. The van der Waals surface area contributed by atoms with Gasteiger partial charge >= 0.3 is 12.0 Å². The minimum absolute atomic E-state index is 0.0746. The number of rotatable bonds is 4. The number of carboxylic acid groups (broad SMARTS) is 1. The number of nitrogens with zero attached hydrogens (tertiary/aromatic N) is 1. The van der Waals surface area contributed by atoms with Crippen LogP contribution in [0.1, 0.15) is 39.0 Å². The molecule has 2 unspecified atom stereocenters. The zero-order valence-corrected chi connectivity index (χ0v) is 11.1. The Balaban J connectivity index is 2.64. The number of carbonyl (C=O) groups is 3. The second-order valence-electron chi connectivity index (χ2n) is 4.90. The Labute approximate surface area is 112 Å². The van der Waals surface area contributed by atoms with Gasteiger partial charge in [-0.05, 0) is 19.8 Å². The van der Waals surface area contributed by atoms with Crippen LogP contribution < -0.4 is 11.1 Å². The molecule has 7 nitrogen and oxygen atoms in total. The van der Waals surface area contributed by atoms with Gasteiger partial charge in [0.25, 0.3) is 0 Å². The van der Waals surface area contributed by atoms with Crippen molar-refractivity contribution >= 4 is 17.9 Å². The quantitative estimate of drug-likeness (QED) is 0.682. The lowest BCUT2D eigenvalue weighted by atomic mass is 10.1. The van der Waals surface area contributed by atoms with Gasteiger partial charge < -0.3 is 21.1 Å². The number of primary amides is 1. The second kappa shape index (κ2) is 6.96. The maximum absolute atomic E-state index is 12.1. The minimum atomic E-state index is -1.26. The fraction of sp³-hybridized carbons (Fsp3) is 0.750. The maximum Gasteiger partial charge on any atom is 0.326 e. The normalized spacial score (nSPS) is 21.3. The van der Waals surface area contributed by atoms with Crippen molar-refractivity contribution in [3.63, 3.8) is 0 Å². The highest BCUT2D eigenvalue weighted by molar-refractivity contribution is 5.87. The lowest BCUT2D eigenvalue weighted by Gasteiger charge is -2.28. The lowest BCUT2D eigenvalue weighted by molar-refractivity contribution is -0.141. The molecule has 0 saturated carbocycles. The van der Waals surface area contributed by atoms with Gasteiger partial charge in [0.15, 0.2) is 0 Å². The Hall–Kier alpha value is -1.79. The van der Waals surface area contributed by atoms with E-state index >= 15 is 0 Å². The largest absolute Gasteiger partial charge is 0.480 e. The molecule has 0 aromatic heterocycles. The predicted octanol–water partition coefficient (Wildman–Crippen LogP) is 0.289. The lowest BCUT2D eigenvalue weighted by Crippen LogP contribution is -2.51. The summed E-state index contributed by atoms with van der Waals surface area (Å²) in [7, 11) is 0. The van der Waals surface area contributed by atoms with E-state index in [1.807, 2.05) is 6.92 Å². The molecule has 1 aliphatic heterocycles. The first-order chi connectivity index (χ1) is 8.91.